The van der Waals surface area contributed by atoms with Crippen LogP contribution in [-0.2, 0) is 34.0 Å². The van der Waals surface area contributed by atoms with Gasteiger partial charge >= 0.3 is 0 Å². The Kier molecular flexibility index (Phi) is 7.41. The molecule has 0 bridgehead atoms. The first kappa shape index (κ1) is 23.3. The molecule has 0 N–H and O–H groups in total. The van der Waals surface area contributed by atoms with E-state index in [1.165, 1.54) is 29.5 Å². The molecule has 0 radical (unpaired) electrons. The molecule has 0 aromatic heterocycles. The summed E-state index contributed by atoms with van der Waals surface area (Å²) in [5, 5.41) is 0. The smallest absolute Gasteiger partial charge is 0.106 e. The van der Waals surface area contributed by atoms with Crippen molar-refractivity contribution in [3.05, 3.63) is 108 Å². The average molecular weight is 458 g/mol. The minimum Gasteiger partial charge on any atom is -0.375 e. The molecule has 2 fully saturated rings. The molecule has 3 atom stereocenters. The molecule has 4 heteroatoms. The van der Waals surface area contributed by atoms with E-state index in [0.717, 1.165) is 6.54 Å². The second-order valence-corrected chi connectivity index (χ2v) is 9.77. The highest BCUT2D eigenvalue weighted by Crippen LogP contribution is 2.42. The Morgan fingerprint density at radius 1 is 0.706 bits per heavy atom. The molecule has 1 heterocycles. The number of likely N-dealkylation sites (tertiary alicyclic amines) is 1. The number of benzene rings is 3. The largest absolute Gasteiger partial charge is 0.375 e. The Morgan fingerprint density at radius 3 is 1.74 bits per heavy atom. The van der Waals surface area contributed by atoms with Crippen LogP contribution in [0, 0.1) is 0 Å². The third-order valence-electron chi connectivity index (χ3n) is 7.06. The van der Waals surface area contributed by atoms with Gasteiger partial charge in [-0.3, -0.25) is 4.90 Å². The topological polar surface area (TPSA) is 30.9 Å². The second kappa shape index (κ2) is 10.8. The summed E-state index contributed by atoms with van der Waals surface area (Å²) in [4.78, 5) is 2.60. The van der Waals surface area contributed by atoms with Gasteiger partial charge in [-0.15, -0.1) is 0 Å². The molecule has 4 nitrogen and oxygen atoms in total. The van der Waals surface area contributed by atoms with Crippen molar-refractivity contribution in [2.45, 2.75) is 63.4 Å². The van der Waals surface area contributed by atoms with Crippen LogP contribution < -0.4 is 0 Å². The number of hydrogen-bond acceptors (Lipinski definition) is 4. The van der Waals surface area contributed by atoms with Gasteiger partial charge in [-0.25, -0.2) is 0 Å². The molecule has 0 amide bonds. The normalized spacial score (nSPS) is 25.0. The van der Waals surface area contributed by atoms with Gasteiger partial charge in [0.25, 0.3) is 0 Å². The standard InChI is InChI=1S/C30H35NO3/c1-30(23-32-20-24-11-5-2-6-12-24)29(34-22-26-15-9-4-10-16-26)28(19-31(30)27-17-18-27)33-21-25-13-7-3-8-14-25/h2-16,27-29H,17-23H2,1H3/t28-,29+,30?/m1/s1. The fourth-order valence-corrected chi connectivity index (χ4v) is 5.09. The van der Waals surface area contributed by atoms with Gasteiger partial charge in [0.1, 0.15) is 6.10 Å². The SMILES string of the molecule is CC1(COCc2ccccc2)[C@@H](OCc2ccccc2)[C@H](OCc2ccccc2)CN1C1CC1. The number of rotatable bonds is 11. The number of ether oxygens (including phenoxy) is 3. The van der Waals surface area contributed by atoms with Crippen LogP contribution in [0.1, 0.15) is 36.5 Å². The van der Waals surface area contributed by atoms with Crippen LogP contribution in [0.15, 0.2) is 91.0 Å². The number of nitrogens with zero attached hydrogens (tertiary/aromatic N) is 1. The van der Waals surface area contributed by atoms with Crippen LogP contribution >= 0.6 is 0 Å². The summed E-state index contributed by atoms with van der Waals surface area (Å²) in [6.07, 6.45) is 2.40. The predicted molar refractivity (Wildman–Crippen MR) is 134 cm³/mol. The summed E-state index contributed by atoms with van der Waals surface area (Å²) in [6, 6.07) is 31.8. The Labute approximate surface area is 203 Å². The molecule has 0 spiro atoms. The minimum absolute atomic E-state index is 0.00477. The van der Waals surface area contributed by atoms with E-state index >= 15 is 0 Å². The van der Waals surface area contributed by atoms with Crippen LogP contribution in [0.25, 0.3) is 0 Å². The Bertz CT molecular complexity index is 1010. The van der Waals surface area contributed by atoms with Crippen molar-refractivity contribution in [1.29, 1.82) is 0 Å². The highest BCUT2D eigenvalue weighted by Gasteiger charge is 2.56. The molecule has 1 saturated carbocycles. The monoisotopic (exact) mass is 457 g/mol. The van der Waals surface area contributed by atoms with Crippen LogP contribution in [0.5, 0.6) is 0 Å². The lowest BCUT2D eigenvalue weighted by molar-refractivity contribution is -0.111. The first-order chi connectivity index (χ1) is 16.7. The third-order valence-corrected chi connectivity index (χ3v) is 7.06. The van der Waals surface area contributed by atoms with Crippen molar-refractivity contribution in [3.8, 4) is 0 Å². The zero-order chi connectivity index (χ0) is 23.2. The van der Waals surface area contributed by atoms with Crippen molar-refractivity contribution in [2.75, 3.05) is 13.2 Å². The van der Waals surface area contributed by atoms with Crippen molar-refractivity contribution >= 4 is 0 Å². The van der Waals surface area contributed by atoms with Gasteiger partial charge in [-0.2, -0.15) is 0 Å². The molecule has 178 valence electrons. The molecule has 1 saturated heterocycles. The molecular formula is C30H35NO3. The Morgan fingerprint density at radius 2 is 1.21 bits per heavy atom. The van der Waals surface area contributed by atoms with Crippen LogP contribution in [-0.4, -0.2) is 41.8 Å². The lowest BCUT2D eigenvalue weighted by Crippen LogP contribution is -2.54. The van der Waals surface area contributed by atoms with E-state index in [2.05, 4.69) is 84.6 Å². The molecule has 3 aromatic rings. The van der Waals surface area contributed by atoms with Crippen LogP contribution in [0.4, 0.5) is 0 Å². The highest BCUT2D eigenvalue weighted by molar-refractivity contribution is 5.17. The van der Waals surface area contributed by atoms with Gasteiger partial charge in [0.15, 0.2) is 0 Å². The molecule has 1 unspecified atom stereocenters. The van der Waals surface area contributed by atoms with Crippen LogP contribution in [0.2, 0.25) is 0 Å². The highest BCUT2D eigenvalue weighted by atomic mass is 16.5. The number of hydrogen-bond donors (Lipinski definition) is 0. The molecule has 34 heavy (non-hydrogen) atoms. The summed E-state index contributed by atoms with van der Waals surface area (Å²) in [6.45, 7) is 5.57. The molecular weight excluding hydrogens is 422 g/mol. The lowest BCUT2D eigenvalue weighted by Gasteiger charge is -2.39. The molecule has 2 aliphatic rings. The van der Waals surface area contributed by atoms with E-state index < -0.39 is 0 Å². The summed E-state index contributed by atoms with van der Waals surface area (Å²) >= 11 is 0. The fraction of sp³-hybridized carbons (Fsp3) is 0.400. The zero-order valence-corrected chi connectivity index (χ0v) is 20.0. The summed E-state index contributed by atoms with van der Waals surface area (Å²) in [5.41, 5.74) is 3.32. The lowest BCUT2D eigenvalue weighted by atomic mass is 9.94. The van der Waals surface area contributed by atoms with Gasteiger partial charge in [0, 0.05) is 12.6 Å². The molecule has 5 rings (SSSR count). The van der Waals surface area contributed by atoms with Gasteiger partial charge in [-0.1, -0.05) is 91.0 Å². The predicted octanol–water partition coefficient (Wildman–Crippen LogP) is 5.61. The first-order valence-corrected chi connectivity index (χ1v) is 12.4. The first-order valence-electron chi connectivity index (χ1n) is 12.4. The average Bonchev–Trinajstić information content (AvgIpc) is 3.68. The Hall–Kier alpha value is -2.50. The van der Waals surface area contributed by atoms with E-state index in [1.54, 1.807) is 0 Å². The maximum absolute atomic E-state index is 6.67. The summed E-state index contributed by atoms with van der Waals surface area (Å²) < 4.78 is 19.5. The van der Waals surface area contributed by atoms with Crippen molar-refractivity contribution in [2.24, 2.45) is 0 Å². The fourth-order valence-electron chi connectivity index (χ4n) is 5.09. The van der Waals surface area contributed by atoms with Gasteiger partial charge in [0.2, 0.25) is 0 Å². The summed E-state index contributed by atoms with van der Waals surface area (Å²) in [7, 11) is 0. The second-order valence-electron chi connectivity index (χ2n) is 9.77. The zero-order valence-electron chi connectivity index (χ0n) is 20.0. The molecule has 1 aliphatic heterocycles. The molecule has 3 aromatic carbocycles. The van der Waals surface area contributed by atoms with E-state index in [0.29, 0.717) is 32.5 Å². The van der Waals surface area contributed by atoms with E-state index in [-0.39, 0.29) is 17.7 Å². The van der Waals surface area contributed by atoms with E-state index in [4.69, 9.17) is 14.2 Å². The van der Waals surface area contributed by atoms with Crippen molar-refractivity contribution < 1.29 is 14.2 Å². The maximum Gasteiger partial charge on any atom is 0.106 e. The van der Waals surface area contributed by atoms with Crippen molar-refractivity contribution in [3.63, 3.8) is 0 Å². The Balaban J connectivity index is 1.33. The van der Waals surface area contributed by atoms with E-state index in [9.17, 15) is 0 Å². The van der Waals surface area contributed by atoms with Gasteiger partial charge < -0.3 is 14.2 Å². The van der Waals surface area contributed by atoms with Gasteiger partial charge in [-0.05, 0) is 36.5 Å². The quantitative estimate of drug-likeness (QED) is 0.374. The third kappa shape index (κ3) is 5.59. The minimum atomic E-state index is -0.244. The molecule has 1 aliphatic carbocycles. The van der Waals surface area contributed by atoms with Gasteiger partial charge in [0.05, 0.1) is 38.1 Å². The van der Waals surface area contributed by atoms with E-state index in [1.807, 2.05) is 18.2 Å². The summed E-state index contributed by atoms with van der Waals surface area (Å²) in [5.74, 6) is 0. The maximum atomic E-state index is 6.67. The van der Waals surface area contributed by atoms with Crippen LogP contribution in [0.3, 0.4) is 0 Å². The van der Waals surface area contributed by atoms with Crippen molar-refractivity contribution in [1.82, 2.24) is 4.90 Å².